The van der Waals surface area contributed by atoms with Crippen molar-refractivity contribution >= 4 is 16.9 Å². The lowest BCUT2D eigenvalue weighted by Crippen LogP contribution is -2.09. The first-order valence-corrected chi connectivity index (χ1v) is 6.86. The number of hydrogen-bond acceptors (Lipinski definition) is 4. The number of aryl methyl sites for hydroxylation is 1. The Labute approximate surface area is 117 Å². The van der Waals surface area contributed by atoms with E-state index in [4.69, 9.17) is 9.47 Å². The fraction of sp³-hybridized carbons (Fsp3) is 0.467. The van der Waals surface area contributed by atoms with Crippen molar-refractivity contribution in [3.8, 4) is 5.88 Å². The van der Waals surface area contributed by atoms with Crippen molar-refractivity contribution < 1.29 is 14.3 Å². The number of methoxy groups -OCH3 is 1. The Bertz CT molecular complexity index is 671. The van der Waals surface area contributed by atoms with Crippen LogP contribution in [0.4, 0.5) is 0 Å². The van der Waals surface area contributed by atoms with Gasteiger partial charge in [-0.3, -0.25) is 0 Å². The lowest BCUT2D eigenvalue weighted by atomic mass is 10.1. The first-order valence-electron chi connectivity index (χ1n) is 6.86. The maximum atomic E-state index is 12.0. The molecule has 3 rings (SSSR count). The number of carbonyl (C=O) groups is 1. The van der Waals surface area contributed by atoms with Gasteiger partial charge in [-0.25, -0.2) is 9.78 Å². The number of ether oxygens (including phenoxy) is 2. The van der Waals surface area contributed by atoms with E-state index in [-0.39, 0.29) is 5.97 Å². The molecule has 1 aliphatic carbocycles. The largest absolute Gasteiger partial charge is 0.479 e. The highest BCUT2D eigenvalue weighted by Gasteiger charge is 2.29. The second kappa shape index (κ2) is 4.81. The summed E-state index contributed by atoms with van der Waals surface area (Å²) >= 11 is 0. The molecule has 0 bridgehead atoms. The van der Waals surface area contributed by atoms with Gasteiger partial charge in [-0.2, -0.15) is 0 Å². The van der Waals surface area contributed by atoms with Gasteiger partial charge in [0.15, 0.2) is 0 Å². The number of esters is 1. The molecule has 0 spiro atoms. The van der Waals surface area contributed by atoms with E-state index in [1.807, 2.05) is 23.9 Å². The number of nitrogens with zero attached hydrogens (tertiary/aromatic N) is 2. The van der Waals surface area contributed by atoms with Crippen LogP contribution in [0.1, 0.15) is 41.7 Å². The monoisotopic (exact) mass is 274 g/mol. The van der Waals surface area contributed by atoms with Gasteiger partial charge in [-0.1, -0.05) is 0 Å². The van der Waals surface area contributed by atoms with Gasteiger partial charge in [0.05, 0.1) is 13.7 Å². The smallest absolute Gasteiger partial charge is 0.354 e. The Balaban J connectivity index is 2.22. The van der Waals surface area contributed by atoms with Crippen LogP contribution in [-0.2, 0) is 11.8 Å². The molecule has 0 unspecified atom stereocenters. The van der Waals surface area contributed by atoms with Crippen LogP contribution >= 0.6 is 0 Å². The highest BCUT2D eigenvalue weighted by Crippen LogP contribution is 2.44. The summed E-state index contributed by atoms with van der Waals surface area (Å²) in [5.74, 6) is 0.797. The van der Waals surface area contributed by atoms with Crippen LogP contribution in [0.5, 0.6) is 5.88 Å². The molecule has 0 saturated heterocycles. The third-order valence-corrected chi connectivity index (χ3v) is 3.76. The van der Waals surface area contributed by atoms with Gasteiger partial charge in [0.25, 0.3) is 0 Å². The highest BCUT2D eigenvalue weighted by molar-refractivity contribution is 5.98. The molecule has 0 amide bonds. The lowest BCUT2D eigenvalue weighted by Gasteiger charge is -2.08. The summed E-state index contributed by atoms with van der Waals surface area (Å²) in [5.41, 5.74) is 2.60. The molecule has 2 aromatic heterocycles. The number of rotatable bonds is 4. The Morgan fingerprint density at radius 3 is 2.85 bits per heavy atom. The highest BCUT2D eigenvalue weighted by atomic mass is 16.5. The first-order chi connectivity index (χ1) is 9.67. The number of aromatic nitrogens is 2. The zero-order valence-corrected chi connectivity index (χ0v) is 12.0. The van der Waals surface area contributed by atoms with Crippen molar-refractivity contribution in [1.82, 2.24) is 9.55 Å². The summed E-state index contributed by atoms with van der Waals surface area (Å²) in [5, 5.41) is 1.05. The van der Waals surface area contributed by atoms with Gasteiger partial charge >= 0.3 is 5.97 Å². The van der Waals surface area contributed by atoms with E-state index in [0.717, 1.165) is 10.9 Å². The van der Waals surface area contributed by atoms with Crippen molar-refractivity contribution in [2.24, 2.45) is 7.05 Å². The number of pyridine rings is 1. The van der Waals surface area contributed by atoms with Crippen LogP contribution in [0.15, 0.2) is 12.3 Å². The van der Waals surface area contributed by atoms with E-state index in [2.05, 4.69) is 4.98 Å². The number of fused-ring (bicyclic) bond motifs is 1. The molecule has 1 saturated carbocycles. The Hall–Kier alpha value is -2.04. The lowest BCUT2D eigenvalue weighted by molar-refractivity contribution is 0.0516. The van der Waals surface area contributed by atoms with Gasteiger partial charge in [0, 0.05) is 18.6 Å². The van der Waals surface area contributed by atoms with Crippen LogP contribution in [0.2, 0.25) is 0 Å². The topological polar surface area (TPSA) is 53.4 Å². The van der Waals surface area contributed by atoms with Crippen LogP contribution < -0.4 is 4.74 Å². The molecule has 1 fully saturated rings. The van der Waals surface area contributed by atoms with Crippen LogP contribution in [0.3, 0.4) is 0 Å². The molecule has 106 valence electrons. The normalized spacial score (nSPS) is 14.6. The van der Waals surface area contributed by atoms with Gasteiger partial charge < -0.3 is 14.0 Å². The molecule has 0 aromatic carbocycles. The average Bonchev–Trinajstić information content (AvgIpc) is 3.22. The Morgan fingerprint density at radius 1 is 1.50 bits per heavy atom. The predicted octanol–water partition coefficient (Wildman–Crippen LogP) is 2.64. The van der Waals surface area contributed by atoms with E-state index in [1.165, 1.54) is 18.4 Å². The molecule has 0 radical (unpaired) electrons. The molecule has 0 N–H and O–H groups in total. The Morgan fingerprint density at radius 2 is 2.25 bits per heavy atom. The molecule has 1 aliphatic rings. The zero-order valence-electron chi connectivity index (χ0n) is 12.0. The maximum absolute atomic E-state index is 12.0. The van der Waals surface area contributed by atoms with Crippen molar-refractivity contribution in [3.05, 3.63) is 23.5 Å². The van der Waals surface area contributed by atoms with Gasteiger partial charge in [0.1, 0.15) is 11.2 Å². The van der Waals surface area contributed by atoms with E-state index >= 15 is 0 Å². The Kier molecular flexibility index (Phi) is 3.12. The molecule has 2 heterocycles. The fourth-order valence-electron chi connectivity index (χ4n) is 2.61. The summed E-state index contributed by atoms with van der Waals surface area (Å²) in [6.45, 7) is 2.17. The van der Waals surface area contributed by atoms with Crippen molar-refractivity contribution in [3.63, 3.8) is 0 Å². The molecule has 0 atom stereocenters. The van der Waals surface area contributed by atoms with Crippen LogP contribution in [0, 0.1) is 0 Å². The van der Waals surface area contributed by atoms with Crippen LogP contribution in [-0.4, -0.2) is 29.2 Å². The van der Waals surface area contributed by atoms with Gasteiger partial charge in [0.2, 0.25) is 5.88 Å². The van der Waals surface area contributed by atoms with E-state index in [1.54, 1.807) is 14.0 Å². The minimum Gasteiger partial charge on any atom is -0.479 e. The van der Waals surface area contributed by atoms with E-state index < -0.39 is 0 Å². The quantitative estimate of drug-likeness (QED) is 0.804. The SMILES string of the molecule is CCOC(=O)c1cc2c(C3CC3)cnc(OC)c2n1C. The second-order valence-electron chi connectivity index (χ2n) is 5.07. The van der Waals surface area contributed by atoms with Crippen molar-refractivity contribution in [1.29, 1.82) is 0 Å². The summed E-state index contributed by atoms with van der Waals surface area (Å²) in [6.07, 6.45) is 4.24. The second-order valence-corrected chi connectivity index (χ2v) is 5.07. The van der Waals surface area contributed by atoms with Crippen molar-refractivity contribution in [2.45, 2.75) is 25.7 Å². The minimum absolute atomic E-state index is 0.310. The molecule has 20 heavy (non-hydrogen) atoms. The molecule has 5 nitrogen and oxygen atoms in total. The third-order valence-electron chi connectivity index (χ3n) is 3.76. The van der Waals surface area contributed by atoms with E-state index in [9.17, 15) is 4.79 Å². The molecule has 2 aromatic rings. The average molecular weight is 274 g/mol. The summed E-state index contributed by atoms with van der Waals surface area (Å²) < 4.78 is 12.2. The number of hydrogen-bond donors (Lipinski definition) is 0. The molecular formula is C15H18N2O3. The molecule has 5 heteroatoms. The predicted molar refractivity (Wildman–Crippen MR) is 75.2 cm³/mol. The van der Waals surface area contributed by atoms with Crippen molar-refractivity contribution in [2.75, 3.05) is 13.7 Å². The minimum atomic E-state index is -0.310. The summed E-state index contributed by atoms with van der Waals surface area (Å²) in [6, 6.07) is 1.89. The molecule has 0 aliphatic heterocycles. The van der Waals surface area contributed by atoms with Crippen LogP contribution in [0.25, 0.3) is 10.9 Å². The zero-order chi connectivity index (χ0) is 14.3. The van der Waals surface area contributed by atoms with E-state index in [0.29, 0.717) is 24.1 Å². The maximum Gasteiger partial charge on any atom is 0.354 e. The standard InChI is InChI=1S/C15H18N2O3/c1-4-20-15(18)12-7-10-11(9-5-6-9)8-16-14(19-3)13(10)17(12)2/h7-9H,4-6H2,1-3H3. The third kappa shape index (κ3) is 1.94. The van der Waals surface area contributed by atoms with Gasteiger partial charge in [-0.15, -0.1) is 0 Å². The molecular weight excluding hydrogens is 256 g/mol. The van der Waals surface area contributed by atoms with Gasteiger partial charge in [-0.05, 0) is 37.3 Å². The fourth-order valence-corrected chi connectivity index (χ4v) is 2.61. The number of carbonyl (C=O) groups excluding carboxylic acids is 1. The first kappa shape index (κ1) is 13.0. The summed E-state index contributed by atoms with van der Waals surface area (Å²) in [4.78, 5) is 16.4. The summed E-state index contributed by atoms with van der Waals surface area (Å²) in [7, 11) is 3.44.